The van der Waals surface area contributed by atoms with E-state index in [0.717, 1.165) is 0 Å². The predicted molar refractivity (Wildman–Crippen MR) is 113 cm³/mol. The summed E-state index contributed by atoms with van der Waals surface area (Å²) in [6, 6.07) is -5.92. The van der Waals surface area contributed by atoms with Crippen molar-refractivity contribution >= 4 is 54.2 Å². The van der Waals surface area contributed by atoms with E-state index in [9.17, 15) is 33.6 Å². The molecule has 0 aromatic rings. The Bertz CT molecular complexity index is 777. The number of primary amides is 1. The fourth-order valence-corrected chi connectivity index (χ4v) is 2.61. The second-order valence-electron chi connectivity index (χ2n) is 6.85. The van der Waals surface area contributed by atoms with E-state index in [1.165, 1.54) is 0 Å². The third-order valence-electron chi connectivity index (χ3n) is 4.12. The molecular weight excluding hydrogens is 466 g/mol. The number of amides is 4. The minimum Gasteiger partial charge on any atom is -0.481 e. The number of thiol groups is 1. The van der Waals surface area contributed by atoms with Gasteiger partial charge in [0, 0.05) is 18.6 Å². The highest BCUT2D eigenvalue weighted by atomic mass is 32.1. The van der Waals surface area contributed by atoms with Crippen LogP contribution in [0.2, 0.25) is 0 Å². The Hall–Kier alpha value is -3.40. The van der Waals surface area contributed by atoms with Gasteiger partial charge in [-0.2, -0.15) is 12.6 Å². The molecule has 0 saturated heterocycles. The molecule has 0 rings (SSSR count). The molecule has 4 atom stereocenters. The van der Waals surface area contributed by atoms with E-state index in [-0.39, 0.29) is 12.2 Å². The zero-order chi connectivity index (χ0) is 25.7. The number of hydrogen-bond acceptors (Lipinski definition) is 9. The summed E-state index contributed by atoms with van der Waals surface area (Å²) in [5, 5.41) is 32.9. The number of hydrogen-bond donors (Lipinski definition) is 9. The molecule has 15 nitrogen and oxygen atoms in total. The van der Waals surface area contributed by atoms with Crippen LogP contribution in [-0.2, 0) is 33.6 Å². The van der Waals surface area contributed by atoms with Crippen molar-refractivity contribution in [3.8, 4) is 0 Å². The SMILES string of the molecule is NC(=O)CC(NC(=O)C(CCC(=O)O)NC(=O)C(N)CCC(=O)O)C(=O)NC(CS)C(=O)O. The van der Waals surface area contributed by atoms with E-state index < -0.39 is 91.4 Å². The molecule has 0 aliphatic carbocycles. The van der Waals surface area contributed by atoms with Crippen LogP contribution in [0.1, 0.15) is 32.1 Å². The Morgan fingerprint density at radius 1 is 0.727 bits per heavy atom. The van der Waals surface area contributed by atoms with Crippen molar-refractivity contribution in [2.75, 3.05) is 5.75 Å². The average Bonchev–Trinajstić information content (AvgIpc) is 2.71. The molecule has 0 aliphatic rings. The van der Waals surface area contributed by atoms with Gasteiger partial charge in [-0.25, -0.2) is 4.79 Å². The highest BCUT2D eigenvalue weighted by Gasteiger charge is 2.31. The van der Waals surface area contributed by atoms with Crippen LogP contribution < -0.4 is 27.4 Å². The van der Waals surface area contributed by atoms with Crippen LogP contribution in [0, 0.1) is 0 Å². The Morgan fingerprint density at radius 3 is 1.64 bits per heavy atom. The standard InChI is InChI=1S/C17H27N5O10S/c18-7(1-3-12(24)25)14(28)20-8(2-4-13(26)27)15(29)21-9(5-11(19)23)16(30)22-10(6-33)17(31)32/h7-10,33H,1-6,18H2,(H2,19,23)(H,20,28)(H,21,29)(H,22,30)(H,24,25)(H,26,27)(H,31,32). The lowest BCUT2D eigenvalue weighted by molar-refractivity contribution is -0.142. The zero-order valence-corrected chi connectivity index (χ0v) is 18.2. The van der Waals surface area contributed by atoms with E-state index in [2.05, 4.69) is 28.6 Å². The molecule has 33 heavy (non-hydrogen) atoms. The van der Waals surface area contributed by atoms with Gasteiger partial charge in [-0.1, -0.05) is 0 Å². The van der Waals surface area contributed by atoms with Crippen LogP contribution >= 0.6 is 12.6 Å². The average molecular weight is 493 g/mol. The zero-order valence-electron chi connectivity index (χ0n) is 17.4. The Balaban J connectivity index is 5.48. The summed E-state index contributed by atoms with van der Waals surface area (Å²) in [6.07, 6.45) is -2.43. The molecular formula is C17H27N5O10S. The first-order valence-electron chi connectivity index (χ1n) is 9.50. The maximum absolute atomic E-state index is 12.6. The van der Waals surface area contributed by atoms with Crippen molar-refractivity contribution in [2.24, 2.45) is 11.5 Å². The van der Waals surface area contributed by atoms with Gasteiger partial charge in [-0.3, -0.25) is 28.8 Å². The van der Waals surface area contributed by atoms with Gasteiger partial charge in [0.1, 0.15) is 18.1 Å². The lowest BCUT2D eigenvalue weighted by Gasteiger charge is -2.24. The Kier molecular flexibility index (Phi) is 13.1. The van der Waals surface area contributed by atoms with Crippen LogP contribution in [0.25, 0.3) is 0 Å². The molecule has 0 aromatic carbocycles. The number of nitrogens with one attached hydrogen (secondary N) is 3. The van der Waals surface area contributed by atoms with Crippen molar-refractivity contribution in [3.05, 3.63) is 0 Å². The first kappa shape index (κ1) is 29.6. The Labute approximate surface area is 193 Å². The summed E-state index contributed by atoms with van der Waals surface area (Å²) in [4.78, 5) is 81.1. The molecule has 0 radical (unpaired) electrons. The van der Waals surface area contributed by atoms with E-state index in [4.69, 9.17) is 26.8 Å². The smallest absolute Gasteiger partial charge is 0.327 e. The van der Waals surface area contributed by atoms with Crippen molar-refractivity contribution < 1.29 is 48.9 Å². The summed E-state index contributed by atoms with van der Waals surface area (Å²) < 4.78 is 0. The fraction of sp³-hybridized carbons (Fsp3) is 0.588. The van der Waals surface area contributed by atoms with Gasteiger partial charge in [0.05, 0.1) is 12.5 Å². The van der Waals surface area contributed by atoms with Crippen LogP contribution in [0.5, 0.6) is 0 Å². The number of carbonyl (C=O) groups excluding carboxylic acids is 4. The first-order chi connectivity index (χ1) is 15.3. The number of nitrogens with two attached hydrogens (primary N) is 2. The summed E-state index contributed by atoms with van der Waals surface area (Å²) >= 11 is 3.78. The summed E-state index contributed by atoms with van der Waals surface area (Å²) in [5.41, 5.74) is 10.6. The molecule has 0 saturated carbocycles. The molecule has 0 fully saturated rings. The fourth-order valence-electron chi connectivity index (χ4n) is 2.37. The van der Waals surface area contributed by atoms with Gasteiger partial charge >= 0.3 is 17.9 Å². The monoisotopic (exact) mass is 493 g/mol. The number of aliphatic carboxylic acids is 3. The van der Waals surface area contributed by atoms with E-state index in [1.54, 1.807) is 0 Å². The van der Waals surface area contributed by atoms with Crippen LogP contribution in [0.4, 0.5) is 0 Å². The molecule has 186 valence electrons. The molecule has 0 spiro atoms. The van der Waals surface area contributed by atoms with Crippen molar-refractivity contribution in [3.63, 3.8) is 0 Å². The van der Waals surface area contributed by atoms with Crippen LogP contribution in [0.3, 0.4) is 0 Å². The summed E-state index contributed by atoms with van der Waals surface area (Å²) in [6.45, 7) is 0. The van der Waals surface area contributed by atoms with Gasteiger partial charge in [0.15, 0.2) is 0 Å². The third kappa shape index (κ3) is 12.3. The molecule has 4 unspecified atom stereocenters. The summed E-state index contributed by atoms with van der Waals surface area (Å²) in [7, 11) is 0. The van der Waals surface area contributed by atoms with Gasteiger partial charge in [-0.05, 0) is 12.8 Å². The lowest BCUT2D eigenvalue weighted by Crippen LogP contribution is -2.58. The van der Waals surface area contributed by atoms with E-state index in [1.807, 2.05) is 0 Å². The topological polar surface area (TPSA) is 268 Å². The van der Waals surface area contributed by atoms with Crippen molar-refractivity contribution in [2.45, 2.75) is 56.3 Å². The van der Waals surface area contributed by atoms with Gasteiger partial charge in [0.25, 0.3) is 0 Å². The Morgan fingerprint density at radius 2 is 1.18 bits per heavy atom. The van der Waals surface area contributed by atoms with Crippen LogP contribution in [0.15, 0.2) is 0 Å². The predicted octanol–water partition coefficient (Wildman–Crippen LogP) is -3.61. The molecule has 4 amide bonds. The molecule has 10 N–H and O–H groups in total. The van der Waals surface area contributed by atoms with Crippen molar-refractivity contribution in [1.29, 1.82) is 0 Å². The van der Waals surface area contributed by atoms with Gasteiger partial charge in [0.2, 0.25) is 23.6 Å². The maximum atomic E-state index is 12.6. The highest BCUT2D eigenvalue weighted by Crippen LogP contribution is 2.04. The van der Waals surface area contributed by atoms with Crippen LogP contribution in [-0.4, -0.2) is 86.8 Å². The lowest BCUT2D eigenvalue weighted by atomic mass is 10.1. The molecule has 0 bridgehead atoms. The first-order valence-corrected chi connectivity index (χ1v) is 10.1. The van der Waals surface area contributed by atoms with E-state index in [0.29, 0.717) is 0 Å². The minimum absolute atomic E-state index is 0.262. The molecule has 0 aromatic heterocycles. The number of carboxylic acids is 3. The molecule has 16 heteroatoms. The quantitative estimate of drug-likeness (QED) is 0.0947. The number of carboxylic acid groups (broad SMARTS) is 3. The highest BCUT2D eigenvalue weighted by molar-refractivity contribution is 7.80. The molecule has 0 aliphatic heterocycles. The van der Waals surface area contributed by atoms with Gasteiger partial charge in [-0.15, -0.1) is 0 Å². The number of rotatable bonds is 16. The second kappa shape index (κ2) is 14.6. The van der Waals surface area contributed by atoms with Crippen molar-refractivity contribution in [1.82, 2.24) is 16.0 Å². The minimum atomic E-state index is -1.64. The molecule has 0 heterocycles. The second-order valence-corrected chi connectivity index (χ2v) is 7.21. The van der Waals surface area contributed by atoms with E-state index >= 15 is 0 Å². The maximum Gasteiger partial charge on any atom is 0.327 e. The van der Waals surface area contributed by atoms with Gasteiger partial charge < -0.3 is 42.7 Å². The normalized spacial score (nSPS) is 14.1. The largest absolute Gasteiger partial charge is 0.481 e. The number of carbonyl (C=O) groups is 7. The summed E-state index contributed by atoms with van der Waals surface area (Å²) in [5.74, 6) is -8.36. The third-order valence-corrected chi connectivity index (χ3v) is 4.49.